The van der Waals surface area contributed by atoms with Crippen molar-refractivity contribution in [2.24, 2.45) is 5.73 Å². The van der Waals surface area contributed by atoms with Crippen LogP contribution in [-0.2, 0) is 57.0 Å². The molecule has 0 aromatic carbocycles. The molecule has 0 rings (SSSR count). The Morgan fingerprint density at radius 3 is 1.46 bits per heavy atom. The largest absolute Gasteiger partial charge is 0.379 e. The summed E-state index contributed by atoms with van der Waals surface area (Å²) in [6.07, 6.45) is 4.45. The molecule has 4 N–H and O–H groups in total. The molecule has 15 heteroatoms. The van der Waals surface area contributed by atoms with E-state index in [2.05, 4.69) is 17.6 Å². The second-order valence-electron chi connectivity index (χ2n) is 10.7. The van der Waals surface area contributed by atoms with Crippen LogP contribution in [-0.4, -0.2) is 156 Å². The van der Waals surface area contributed by atoms with Crippen LogP contribution in [0.15, 0.2) is 0 Å². The third-order valence-electron chi connectivity index (χ3n) is 6.33. The van der Waals surface area contributed by atoms with Gasteiger partial charge in [-0.25, -0.2) is 0 Å². The molecule has 284 valence electrons. The summed E-state index contributed by atoms with van der Waals surface area (Å²) >= 11 is 0. The number of ketones is 1. The fourth-order valence-electron chi connectivity index (χ4n) is 3.95. The number of rotatable bonds is 39. The number of Topliss-reactive ketones (excluding diaryl/α,β-unsaturated/α-hetero) is 1. The first-order valence-electron chi connectivity index (χ1n) is 17.5. The van der Waals surface area contributed by atoms with Gasteiger partial charge < -0.3 is 59.0 Å². The number of nitrogens with two attached hydrogens (primary N) is 1. The molecule has 0 bridgehead atoms. The zero-order chi connectivity index (χ0) is 35.2. The molecule has 0 saturated heterocycles. The molecule has 0 radical (unpaired) electrons. The summed E-state index contributed by atoms with van der Waals surface area (Å²) in [5.74, 6) is -0.672. The number of ether oxygens (including phenoxy) is 9. The Morgan fingerprint density at radius 1 is 0.521 bits per heavy atom. The van der Waals surface area contributed by atoms with Crippen molar-refractivity contribution in [3.05, 3.63) is 0 Å². The van der Waals surface area contributed by atoms with E-state index in [1.807, 2.05) is 6.92 Å². The van der Waals surface area contributed by atoms with Gasteiger partial charge in [0.25, 0.3) is 0 Å². The van der Waals surface area contributed by atoms with E-state index in [0.29, 0.717) is 131 Å². The highest BCUT2D eigenvalue weighted by Gasteiger charge is 2.20. The molecule has 0 aliphatic heterocycles. The molecule has 0 aliphatic carbocycles. The Bertz CT molecular complexity index is 736. The fraction of sp³-hybridized carbons (Fsp3) is 0.909. The van der Waals surface area contributed by atoms with E-state index >= 15 is 0 Å². The number of carbonyl (C=O) groups is 3. The minimum absolute atomic E-state index is 0.0540. The van der Waals surface area contributed by atoms with Gasteiger partial charge in [0.05, 0.1) is 91.9 Å². The Morgan fingerprint density at radius 2 is 0.958 bits per heavy atom. The maximum absolute atomic E-state index is 13.0. The minimum Gasteiger partial charge on any atom is -0.379 e. The number of nitrogens with one attached hydrogen (secondary N) is 2. The van der Waals surface area contributed by atoms with Gasteiger partial charge >= 0.3 is 0 Å². The molecule has 48 heavy (non-hydrogen) atoms. The fourth-order valence-corrected chi connectivity index (χ4v) is 3.95. The molecule has 0 heterocycles. The van der Waals surface area contributed by atoms with Crippen LogP contribution in [0.3, 0.4) is 0 Å². The maximum atomic E-state index is 13.0. The van der Waals surface area contributed by atoms with Crippen molar-refractivity contribution < 1.29 is 57.0 Å². The first-order chi connectivity index (χ1) is 23.5. The van der Waals surface area contributed by atoms with Crippen molar-refractivity contribution in [3.63, 3.8) is 0 Å². The highest BCUT2D eigenvalue weighted by molar-refractivity contribution is 5.89. The maximum Gasteiger partial charge on any atom is 0.246 e. The summed E-state index contributed by atoms with van der Waals surface area (Å²) in [5.41, 5.74) is 5.36. The number of amides is 2. The van der Waals surface area contributed by atoms with E-state index in [1.54, 1.807) is 0 Å². The third-order valence-corrected chi connectivity index (χ3v) is 6.33. The Balaban J connectivity index is 4.30. The molecule has 0 aromatic heterocycles. The summed E-state index contributed by atoms with van der Waals surface area (Å²) in [7, 11) is 0. The molecule has 0 aromatic rings. The van der Waals surface area contributed by atoms with Crippen molar-refractivity contribution in [2.45, 2.75) is 64.8 Å². The van der Waals surface area contributed by atoms with Crippen LogP contribution < -0.4 is 16.4 Å². The molecule has 1 atom stereocenters. The highest BCUT2D eigenvalue weighted by atomic mass is 16.6. The van der Waals surface area contributed by atoms with Crippen LogP contribution in [0.2, 0.25) is 0 Å². The zero-order valence-corrected chi connectivity index (χ0v) is 29.6. The monoisotopic (exact) mass is 695 g/mol. The molecular weight excluding hydrogens is 630 g/mol. The Hall–Kier alpha value is -1.79. The second kappa shape index (κ2) is 38.0. The van der Waals surface area contributed by atoms with Gasteiger partial charge in [0.15, 0.2) is 5.78 Å². The van der Waals surface area contributed by atoms with Crippen molar-refractivity contribution in [3.8, 4) is 0 Å². The van der Waals surface area contributed by atoms with Gasteiger partial charge in [0.1, 0.15) is 13.2 Å². The number of hydrogen-bond donors (Lipinski definition) is 3. The minimum atomic E-state index is -0.657. The standard InChI is InChI=1S/C33H65N3O12/c1-3-12-40-16-20-44-22-18-42-14-7-9-31(37)30(36-33(39)29-48-27-25-46-23-19-43-15-10-34)8-5-6-11-35-32(38)28-47-26-24-45-21-17-41-13-4-2/h30H,3-29,34H2,1-2H3,(H,35,38)(H,36,39)/t30-/m0/s1. The first kappa shape index (κ1) is 46.2. The van der Waals surface area contributed by atoms with E-state index in [0.717, 1.165) is 19.4 Å². The van der Waals surface area contributed by atoms with Gasteiger partial charge in [0.2, 0.25) is 11.8 Å². The second-order valence-corrected chi connectivity index (χ2v) is 10.7. The summed E-state index contributed by atoms with van der Waals surface area (Å²) in [6.45, 7) is 12.2. The predicted molar refractivity (Wildman–Crippen MR) is 180 cm³/mol. The van der Waals surface area contributed by atoms with Gasteiger partial charge in [-0.2, -0.15) is 0 Å². The number of unbranched alkanes of at least 4 members (excludes halogenated alkanes) is 1. The van der Waals surface area contributed by atoms with Crippen LogP contribution in [0.25, 0.3) is 0 Å². The molecule has 0 fully saturated rings. The normalized spacial score (nSPS) is 11.9. The van der Waals surface area contributed by atoms with Gasteiger partial charge in [-0.3, -0.25) is 14.4 Å². The van der Waals surface area contributed by atoms with Crippen molar-refractivity contribution in [1.82, 2.24) is 10.6 Å². The van der Waals surface area contributed by atoms with E-state index in [1.165, 1.54) is 0 Å². The van der Waals surface area contributed by atoms with Crippen LogP contribution in [0.4, 0.5) is 0 Å². The summed E-state index contributed by atoms with van der Waals surface area (Å²) in [4.78, 5) is 37.6. The number of hydrogen-bond acceptors (Lipinski definition) is 13. The summed E-state index contributed by atoms with van der Waals surface area (Å²) < 4.78 is 48.4. The van der Waals surface area contributed by atoms with Gasteiger partial charge in [-0.05, 0) is 38.5 Å². The van der Waals surface area contributed by atoms with Crippen LogP contribution >= 0.6 is 0 Å². The SMILES string of the molecule is CCCOCCOCCOCCCC(=O)[C@H](CCCCNC(=O)COCCOCCOCCC)NC(=O)COCCOCCOCCN. The van der Waals surface area contributed by atoms with E-state index < -0.39 is 6.04 Å². The predicted octanol–water partition coefficient (Wildman–Crippen LogP) is 1.04. The van der Waals surface area contributed by atoms with Gasteiger partial charge in [-0.1, -0.05) is 13.8 Å². The van der Waals surface area contributed by atoms with Crippen LogP contribution in [0.5, 0.6) is 0 Å². The summed E-state index contributed by atoms with van der Waals surface area (Å²) in [5, 5.41) is 5.61. The molecule has 0 aliphatic rings. The smallest absolute Gasteiger partial charge is 0.246 e. The lowest BCUT2D eigenvalue weighted by Gasteiger charge is -2.18. The zero-order valence-electron chi connectivity index (χ0n) is 29.6. The molecular formula is C33H65N3O12. The van der Waals surface area contributed by atoms with E-state index in [4.69, 9.17) is 48.4 Å². The molecule has 15 nitrogen and oxygen atoms in total. The van der Waals surface area contributed by atoms with Crippen molar-refractivity contribution in [2.75, 3.05) is 132 Å². The summed E-state index contributed by atoms with van der Waals surface area (Å²) in [6, 6.07) is -0.657. The molecule has 2 amide bonds. The van der Waals surface area contributed by atoms with E-state index in [-0.39, 0.29) is 43.8 Å². The molecule has 0 unspecified atom stereocenters. The van der Waals surface area contributed by atoms with Crippen molar-refractivity contribution >= 4 is 17.6 Å². The third kappa shape index (κ3) is 34.1. The molecule has 0 spiro atoms. The van der Waals surface area contributed by atoms with E-state index in [9.17, 15) is 14.4 Å². The van der Waals surface area contributed by atoms with Crippen LogP contribution in [0.1, 0.15) is 58.8 Å². The Kier molecular flexibility index (Phi) is 36.6. The average Bonchev–Trinajstić information content (AvgIpc) is 3.08. The lowest BCUT2D eigenvalue weighted by atomic mass is 10.0. The topological polar surface area (TPSA) is 184 Å². The van der Waals surface area contributed by atoms with Crippen molar-refractivity contribution in [1.29, 1.82) is 0 Å². The lowest BCUT2D eigenvalue weighted by molar-refractivity contribution is -0.131. The Labute approximate surface area is 287 Å². The average molecular weight is 696 g/mol. The number of carbonyl (C=O) groups excluding carboxylic acids is 3. The lowest BCUT2D eigenvalue weighted by Crippen LogP contribution is -2.42. The van der Waals surface area contributed by atoms with Gasteiger partial charge in [0, 0.05) is 39.3 Å². The van der Waals surface area contributed by atoms with Gasteiger partial charge in [-0.15, -0.1) is 0 Å². The first-order valence-corrected chi connectivity index (χ1v) is 17.5. The quantitative estimate of drug-likeness (QED) is 0.0776. The highest BCUT2D eigenvalue weighted by Crippen LogP contribution is 2.07. The van der Waals surface area contributed by atoms with Crippen LogP contribution in [0, 0.1) is 0 Å². The molecule has 0 saturated carbocycles.